The van der Waals surface area contributed by atoms with Gasteiger partial charge in [-0.3, -0.25) is 0 Å². The monoisotopic (exact) mass is 263 g/mol. The van der Waals surface area contributed by atoms with E-state index in [1.165, 1.54) is 29.0 Å². The molecule has 0 unspecified atom stereocenters. The molecule has 1 aromatic rings. The molecule has 1 heterocycles. The lowest BCUT2D eigenvalue weighted by atomic mass is 9.69. The van der Waals surface area contributed by atoms with Gasteiger partial charge in [-0.05, 0) is 55.1 Å². The standard InChI is InChI=1S/C16H25NS/c1-11-5-6-13(18-11)10-17-14-9-12-7-8-16(14,4)15(12,2)3/h5-6,12,14,17H,7-10H2,1-4H3/t12-,14-,16-/m0/s1. The normalized spacial score (nSPS) is 37.3. The summed E-state index contributed by atoms with van der Waals surface area (Å²) in [6.07, 6.45) is 4.24. The number of hydrogen-bond donors (Lipinski definition) is 1. The zero-order valence-corrected chi connectivity index (χ0v) is 12.9. The van der Waals surface area contributed by atoms with Crippen LogP contribution in [-0.4, -0.2) is 6.04 Å². The average molecular weight is 263 g/mol. The van der Waals surface area contributed by atoms with Crippen molar-refractivity contribution in [1.82, 2.24) is 5.32 Å². The summed E-state index contributed by atoms with van der Waals surface area (Å²) in [5, 5.41) is 3.85. The van der Waals surface area contributed by atoms with Crippen molar-refractivity contribution in [1.29, 1.82) is 0 Å². The first-order valence-corrected chi connectivity index (χ1v) is 8.04. The molecule has 1 aromatic heterocycles. The molecule has 0 saturated heterocycles. The second-order valence-corrected chi connectivity index (χ2v) is 8.43. The van der Waals surface area contributed by atoms with E-state index in [-0.39, 0.29) is 0 Å². The zero-order chi connectivity index (χ0) is 13.0. The Labute approximate surface area is 115 Å². The minimum Gasteiger partial charge on any atom is -0.309 e. The Morgan fingerprint density at radius 2 is 2.11 bits per heavy atom. The van der Waals surface area contributed by atoms with E-state index in [4.69, 9.17) is 0 Å². The molecular weight excluding hydrogens is 238 g/mol. The predicted molar refractivity (Wildman–Crippen MR) is 78.9 cm³/mol. The molecule has 0 spiro atoms. The van der Waals surface area contributed by atoms with E-state index in [9.17, 15) is 0 Å². The minimum absolute atomic E-state index is 0.504. The third-order valence-corrected chi connectivity index (χ3v) is 7.11. The van der Waals surface area contributed by atoms with Gasteiger partial charge in [0.2, 0.25) is 0 Å². The van der Waals surface area contributed by atoms with Gasteiger partial charge in [-0.25, -0.2) is 0 Å². The predicted octanol–water partition coefficient (Wildman–Crippen LogP) is 4.36. The van der Waals surface area contributed by atoms with Gasteiger partial charge in [0.15, 0.2) is 0 Å². The van der Waals surface area contributed by atoms with E-state index in [1.54, 1.807) is 0 Å². The van der Waals surface area contributed by atoms with Crippen LogP contribution in [0, 0.1) is 23.7 Å². The molecule has 2 bridgehead atoms. The van der Waals surface area contributed by atoms with Gasteiger partial charge in [-0.2, -0.15) is 0 Å². The first kappa shape index (κ1) is 12.7. The second kappa shape index (κ2) is 4.08. The molecule has 0 aliphatic heterocycles. The highest BCUT2D eigenvalue weighted by molar-refractivity contribution is 7.11. The van der Waals surface area contributed by atoms with Gasteiger partial charge in [-0.15, -0.1) is 11.3 Å². The SMILES string of the molecule is Cc1ccc(CN[C@H]2C[C@@H]3CC[C@]2(C)C3(C)C)s1. The Balaban J connectivity index is 1.69. The lowest BCUT2D eigenvalue weighted by Crippen LogP contribution is -2.44. The van der Waals surface area contributed by atoms with Gasteiger partial charge < -0.3 is 5.32 Å². The fourth-order valence-electron chi connectivity index (χ4n) is 4.32. The molecular formula is C16H25NS. The van der Waals surface area contributed by atoms with E-state index >= 15 is 0 Å². The van der Waals surface area contributed by atoms with E-state index in [2.05, 4.69) is 45.1 Å². The Morgan fingerprint density at radius 1 is 1.33 bits per heavy atom. The van der Waals surface area contributed by atoms with Crippen LogP contribution < -0.4 is 5.32 Å². The van der Waals surface area contributed by atoms with Crippen molar-refractivity contribution in [2.45, 2.75) is 59.5 Å². The number of thiophene rings is 1. The fourth-order valence-corrected chi connectivity index (χ4v) is 5.16. The van der Waals surface area contributed by atoms with Crippen LogP contribution in [0.1, 0.15) is 49.8 Å². The molecule has 0 radical (unpaired) electrons. The summed E-state index contributed by atoms with van der Waals surface area (Å²) in [4.78, 5) is 2.91. The molecule has 2 aliphatic rings. The Hall–Kier alpha value is -0.340. The van der Waals surface area contributed by atoms with Crippen molar-refractivity contribution in [3.63, 3.8) is 0 Å². The molecule has 18 heavy (non-hydrogen) atoms. The molecule has 3 atom stereocenters. The molecule has 0 amide bonds. The summed E-state index contributed by atoms with van der Waals surface area (Å²) in [6.45, 7) is 10.7. The van der Waals surface area contributed by atoms with Gasteiger partial charge in [0.25, 0.3) is 0 Å². The van der Waals surface area contributed by atoms with Gasteiger partial charge in [0, 0.05) is 22.3 Å². The van der Waals surface area contributed by atoms with Gasteiger partial charge in [0.1, 0.15) is 0 Å². The topological polar surface area (TPSA) is 12.0 Å². The van der Waals surface area contributed by atoms with E-state index in [1.807, 2.05) is 11.3 Å². The van der Waals surface area contributed by atoms with Crippen LogP contribution in [0.25, 0.3) is 0 Å². The number of aryl methyl sites for hydroxylation is 1. The van der Waals surface area contributed by atoms with Crippen LogP contribution in [0.4, 0.5) is 0 Å². The van der Waals surface area contributed by atoms with Crippen molar-refractivity contribution in [3.8, 4) is 0 Å². The van der Waals surface area contributed by atoms with Crippen molar-refractivity contribution in [2.24, 2.45) is 16.7 Å². The van der Waals surface area contributed by atoms with E-state index in [0.29, 0.717) is 16.9 Å². The maximum absolute atomic E-state index is 3.85. The minimum atomic E-state index is 0.504. The van der Waals surface area contributed by atoms with E-state index < -0.39 is 0 Å². The summed E-state index contributed by atoms with van der Waals surface area (Å²) in [5.74, 6) is 0.935. The highest BCUT2D eigenvalue weighted by atomic mass is 32.1. The average Bonchev–Trinajstić information content (AvgIpc) is 2.87. The Bertz CT molecular complexity index is 448. The Morgan fingerprint density at radius 3 is 2.61 bits per heavy atom. The molecule has 3 rings (SSSR count). The molecule has 1 N–H and O–H groups in total. The third kappa shape index (κ3) is 1.69. The smallest absolute Gasteiger partial charge is 0.0302 e. The molecule has 2 aliphatic carbocycles. The van der Waals surface area contributed by atoms with Gasteiger partial charge in [0.05, 0.1) is 0 Å². The highest BCUT2D eigenvalue weighted by Crippen LogP contribution is 2.65. The van der Waals surface area contributed by atoms with E-state index in [0.717, 1.165) is 12.5 Å². The largest absolute Gasteiger partial charge is 0.309 e. The van der Waals surface area contributed by atoms with Gasteiger partial charge in [-0.1, -0.05) is 20.8 Å². The summed E-state index contributed by atoms with van der Waals surface area (Å²) in [6, 6.07) is 5.22. The number of rotatable bonds is 3. The van der Waals surface area contributed by atoms with Crippen LogP contribution in [-0.2, 0) is 6.54 Å². The summed E-state index contributed by atoms with van der Waals surface area (Å²) in [7, 11) is 0. The highest BCUT2D eigenvalue weighted by Gasteiger charge is 2.60. The molecule has 2 heteroatoms. The Kier molecular flexibility index (Phi) is 2.87. The first-order chi connectivity index (χ1) is 8.43. The molecule has 100 valence electrons. The first-order valence-electron chi connectivity index (χ1n) is 7.22. The molecule has 2 saturated carbocycles. The zero-order valence-electron chi connectivity index (χ0n) is 12.0. The van der Waals surface area contributed by atoms with Crippen molar-refractivity contribution in [3.05, 3.63) is 21.9 Å². The van der Waals surface area contributed by atoms with Crippen LogP contribution in [0.5, 0.6) is 0 Å². The molecule has 0 aromatic carbocycles. The van der Waals surface area contributed by atoms with Gasteiger partial charge >= 0.3 is 0 Å². The van der Waals surface area contributed by atoms with Crippen LogP contribution in [0.2, 0.25) is 0 Å². The number of nitrogens with one attached hydrogen (secondary N) is 1. The van der Waals surface area contributed by atoms with Crippen molar-refractivity contribution >= 4 is 11.3 Å². The number of fused-ring (bicyclic) bond motifs is 2. The second-order valence-electron chi connectivity index (χ2n) is 7.06. The number of hydrogen-bond acceptors (Lipinski definition) is 2. The summed E-state index contributed by atoms with van der Waals surface area (Å²) in [5.41, 5.74) is 1.03. The summed E-state index contributed by atoms with van der Waals surface area (Å²) >= 11 is 1.93. The lowest BCUT2D eigenvalue weighted by Gasteiger charge is -2.39. The molecule has 2 fully saturated rings. The molecule has 1 nitrogen and oxygen atoms in total. The lowest BCUT2D eigenvalue weighted by molar-refractivity contribution is 0.120. The van der Waals surface area contributed by atoms with Crippen molar-refractivity contribution < 1.29 is 0 Å². The summed E-state index contributed by atoms with van der Waals surface area (Å²) < 4.78 is 0. The van der Waals surface area contributed by atoms with Crippen LogP contribution in [0.3, 0.4) is 0 Å². The maximum atomic E-state index is 3.85. The van der Waals surface area contributed by atoms with Crippen molar-refractivity contribution in [2.75, 3.05) is 0 Å². The van der Waals surface area contributed by atoms with Crippen LogP contribution in [0.15, 0.2) is 12.1 Å². The quantitative estimate of drug-likeness (QED) is 0.854. The third-order valence-electron chi connectivity index (χ3n) is 6.11. The van der Waals surface area contributed by atoms with Crippen LogP contribution >= 0.6 is 11.3 Å². The maximum Gasteiger partial charge on any atom is 0.0302 e. The fraction of sp³-hybridized carbons (Fsp3) is 0.750.